The van der Waals surface area contributed by atoms with Gasteiger partial charge in [0, 0.05) is 32.6 Å². The van der Waals surface area contributed by atoms with Gasteiger partial charge >= 0.3 is 6.09 Å². The first-order chi connectivity index (χ1) is 8.19. The van der Waals surface area contributed by atoms with Gasteiger partial charge in [-0.25, -0.2) is 4.79 Å². The topological polar surface area (TPSA) is 49.9 Å². The molecular formula is C12H22N2O3. The summed E-state index contributed by atoms with van der Waals surface area (Å²) in [5, 5.41) is 0. The molecule has 98 valence electrons. The van der Waals surface area contributed by atoms with Crippen molar-refractivity contribution in [1.29, 1.82) is 0 Å². The molecule has 1 fully saturated rings. The van der Waals surface area contributed by atoms with Gasteiger partial charge in [0.25, 0.3) is 0 Å². The summed E-state index contributed by atoms with van der Waals surface area (Å²) in [5.74, 6) is 0.189. The molecule has 0 aliphatic carbocycles. The van der Waals surface area contributed by atoms with Gasteiger partial charge in [0.2, 0.25) is 5.91 Å². The molecule has 17 heavy (non-hydrogen) atoms. The van der Waals surface area contributed by atoms with Crippen LogP contribution in [0.5, 0.6) is 0 Å². The van der Waals surface area contributed by atoms with E-state index in [0.29, 0.717) is 39.2 Å². The van der Waals surface area contributed by atoms with E-state index in [0.717, 1.165) is 12.8 Å². The van der Waals surface area contributed by atoms with Crippen molar-refractivity contribution in [3.05, 3.63) is 0 Å². The minimum Gasteiger partial charge on any atom is -0.449 e. The van der Waals surface area contributed by atoms with Crippen molar-refractivity contribution in [2.75, 3.05) is 32.8 Å². The fourth-order valence-electron chi connectivity index (χ4n) is 1.79. The molecule has 1 saturated heterocycles. The quantitative estimate of drug-likeness (QED) is 0.750. The number of ether oxygens (including phenoxy) is 1. The molecule has 1 heterocycles. The van der Waals surface area contributed by atoms with Crippen LogP contribution in [0.25, 0.3) is 0 Å². The molecular weight excluding hydrogens is 220 g/mol. The second-order valence-electron chi connectivity index (χ2n) is 4.23. The van der Waals surface area contributed by atoms with Crippen LogP contribution in [0.2, 0.25) is 0 Å². The van der Waals surface area contributed by atoms with Gasteiger partial charge in [0.1, 0.15) is 0 Å². The molecule has 5 heteroatoms. The van der Waals surface area contributed by atoms with Crippen molar-refractivity contribution in [3.63, 3.8) is 0 Å². The van der Waals surface area contributed by atoms with Crippen LogP contribution in [0.3, 0.4) is 0 Å². The molecule has 0 atom stereocenters. The van der Waals surface area contributed by atoms with Crippen molar-refractivity contribution in [2.45, 2.75) is 33.1 Å². The fourth-order valence-corrected chi connectivity index (χ4v) is 1.79. The van der Waals surface area contributed by atoms with E-state index in [1.807, 2.05) is 18.7 Å². The maximum absolute atomic E-state index is 11.6. The van der Waals surface area contributed by atoms with E-state index in [9.17, 15) is 9.59 Å². The Labute approximate surface area is 103 Å². The third kappa shape index (κ3) is 4.24. The van der Waals surface area contributed by atoms with E-state index < -0.39 is 0 Å². The van der Waals surface area contributed by atoms with E-state index in [1.165, 1.54) is 0 Å². The number of carbonyl (C=O) groups is 2. The van der Waals surface area contributed by atoms with Gasteiger partial charge in [0.05, 0.1) is 6.61 Å². The molecule has 5 nitrogen and oxygen atoms in total. The average molecular weight is 242 g/mol. The standard InChI is InChI=1S/C12H22N2O3/c1-3-5-11(15)13-6-8-14(9-7-13)12(16)17-10-4-2/h3-10H2,1-2H3. The van der Waals surface area contributed by atoms with Gasteiger partial charge in [-0.2, -0.15) is 0 Å². The van der Waals surface area contributed by atoms with Crippen molar-refractivity contribution in [3.8, 4) is 0 Å². The number of hydrogen-bond donors (Lipinski definition) is 0. The molecule has 0 aromatic carbocycles. The largest absolute Gasteiger partial charge is 0.449 e. The van der Waals surface area contributed by atoms with Crippen LogP contribution >= 0.6 is 0 Å². The molecule has 0 N–H and O–H groups in total. The number of rotatable bonds is 4. The van der Waals surface area contributed by atoms with Crippen LogP contribution in [0.1, 0.15) is 33.1 Å². The normalized spacial score (nSPS) is 15.9. The second-order valence-corrected chi connectivity index (χ2v) is 4.23. The lowest BCUT2D eigenvalue weighted by Gasteiger charge is -2.34. The zero-order valence-electron chi connectivity index (χ0n) is 10.8. The lowest BCUT2D eigenvalue weighted by molar-refractivity contribution is -0.132. The SMILES string of the molecule is CCCOC(=O)N1CCN(C(=O)CCC)CC1. The second kappa shape index (κ2) is 7.14. The third-order valence-corrected chi connectivity index (χ3v) is 2.78. The first-order valence-corrected chi connectivity index (χ1v) is 6.38. The maximum atomic E-state index is 11.6. The Morgan fingerprint density at radius 1 is 1.00 bits per heavy atom. The van der Waals surface area contributed by atoms with Crippen molar-refractivity contribution in [2.24, 2.45) is 0 Å². The van der Waals surface area contributed by atoms with E-state index in [4.69, 9.17) is 4.74 Å². The molecule has 1 rings (SSSR count). The summed E-state index contributed by atoms with van der Waals surface area (Å²) >= 11 is 0. The fraction of sp³-hybridized carbons (Fsp3) is 0.833. The Kier molecular flexibility index (Phi) is 5.80. The summed E-state index contributed by atoms with van der Waals surface area (Å²) in [4.78, 5) is 26.7. The van der Waals surface area contributed by atoms with E-state index in [-0.39, 0.29) is 12.0 Å². The Hall–Kier alpha value is -1.26. The molecule has 0 aromatic rings. The third-order valence-electron chi connectivity index (χ3n) is 2.78. The molecule has 0 aromatic heterocycles. The van der Waals surface area contributed by atoms with Crippen molar-refractivity contribution in [1.82, 2.24) is 9.80 Å². The summed E-state index contributed by atoms with van der Waals surface area (Å²) in [5.41, 5.74) is 0. The molecule has 0 spiro atoms. The zero-order chi connectivity index (χ0) is 12.7. The highest BCUT2D eigenvalue weighted by Crippen LogP contribution is 2.06. The monoisotopic (exact) mass is 242 g/mol. The molecule has 0 unspecified atom stereocenters. The summed E-state index contributed by atoms with van der Waals surface area (Å²) < 4.78 is 5.06. The first-order valence-electron chi connectivity index (χ1n) is 6.38. The first kappa shape index (κ1) is 13.8. The molecule has 0 bridgehead atoms. The molecule has 1 aliphatic rings. The van der Waals surface area contributed by atoms with Crippen LogP contribution in [-0.2, 0) is 9.53 Å². The highest BCUT2D eigenvalue weighted by atomic mass is 16.6. The van der Waals surface area contributed by atoms with Gasteiger partial charge in [-0.05, 0) is 12.8 Å². The number of hydrogen-bond acceptors (Lipinski definition) is 3. The summed E-state index contributed by atoms with van der Waals surface area (Å²) in [7, 11) is 0. The van der Waals surface area contributed by atoms with E-state index >= 15 is 0 Å². The van der Waals surface area contributed by atoms with Gasteiger partial charge in [-0.3, -0.25) is 4.79 Å². The summed E-state index contributed by atoms with van der Waals surface area (Å²) in [6, 6.07) is 0. The van der Waals surface area contributed by atoms with Gasteiger partial charge in [-0.15, -0.1) is 0 Å². The number of nitrogens with zero attached hydrogens (tertiary/aromatic N) is 2. The van der Waals surface area contributed by atoms with E-state index in [2.05, 4.69) is 0 Å². The number of piperazine rings is 1. The smallest absolute Gasteiger partial charge is 0.409 e. The number of carbonyl (C=O) groups excluding carboxylic acids is 2. The predicted octanol–water partition coefficient (Wildman–Crippen LogP) is 1.48. The van der Waals surface area contributed by atoms with Crippen LogP contribution in [-0.4, -0.2) is 54.6 Å². The maximum Gasteiger partial charge on any atom is 0.409 e. The lowest BCUT2D eigenvalue weighted by atomic mass is 10.2. The van der Waals surface area contributed by atoms with Crippen LogP contribution in [0.15, 0.2) is 0 Å². The Morgan fingerprint density at radius 3 is 2.12 bits per heavy atom. The van der Waals surface area contributed by atoms with Gasteiger partial charge in [-0.1, -0.05) is 13.8 Å². The van der Waals surface area contributed by atoms with Gasteiger partial charge < -0.3 is 14.5 Å². The predicted molar refractivity (Wildman–Crippen MR) is 64.7 cm³/mol. The summed E-state index contributed by atoms with van der Waals surface area (Å²) in [6.07, 6.45) is 2.05. The molecule has 0 radical (unpaired) electrons. The van der Waals surface area contributed by atoms with Crippen LogP contribution < -0.4 is 0 Å². The lowest BCUT2D eigenvalue weighted by Crippen LogP contribution is -2.50. The van der Waals surface area contributed by atoms with Crippen molar-refractivity contribution < 1.29 is 14.3 Å². The highest BCUT2D eigenvalue weighted by Gasteiger charge is 2.24. The van der Waals surface area contributed by atoms with Crippen LogP contribution in [0.4, 0.5) is 4.79 Å². The highest BCUT2D eigenvalue weighted by molar-refractivity contribution is 5.76. The summed E-state index contributed by atoms with van der Waals surface area (Å²) in [6.45, 7) is 6.84. The molecule has 2 amide bonds. The average Bonchev–Trinajstić information content (AvgIpc) is 2.36. The van der Waals surface area contributed by atoms with Crippen LogP contribution in [0, 0.1) is 0 Å². The molecule has 1 aliphatic heterocycles. The minimum absolute atomic E-state index is 0.189. The van der Waals surface area contributed by atoms with Gasteiger partial charge in [0.15, 0.2) is 0 Å². The van der Waals surface area contributed by atoms with E-state index in [1.54, 1.807) is 4.90 Å². The zero-order valence-corrected chi connectivity index (χ0v) is 10.8. The Bertz CT molecular complexity index is 260. The number of amides is 2. The Morgan fingerprint density at radius 2 is 1.59 bits per heavy atom. The minimum atomic E-state index is -0.255. The van der Waals surface area contributed by atoms with Crippen molar-refractivity contribution >= 4 is 12.0 Å². The molecule has 0 saturated carbocycles. The Balaban J connectivity index is 2.30.